The number of likely N-dealkylation sites (tertiary alicyclic amines) is 1. The molecule has 0 aliphatic carbocycles. The molecule has 1 heterocycles. The second kappa shape index (κ2) is 9.45. The molecule has 32 heavy (non-hydrogen) atoms. The van der Waals surface area contributed by atoms with Crippen molar-refractivity contribution in [3.8, 4) is 0 Å². The van der Waals surface area contributed by atoms with Crippen LogP contribution >= 0.6 is 0 Å². The van der Waals surface area contributed by atoms with Crippen molar-refractivity contribution in [2.75, 3.05) is 18.4 Å². The number of hydrogen-bond acceptors (Lipinski definition) is 4. The molecule has 0 aromatic heterocycles. The molecule has 1 aliphatic heterocycles. The molecule has 0 spiro atoms. The standard InChI is InChI=1S/C25H32N2O4S/c1-18(23(28)26-22-13-11-21(12-14-22)25(2,3)4)32(30,31)17-19-7-9-20(10-8-19)24(29)27-15-5-6-16-27/h7-14,18H,5-6,15-17H2,1-4H3,(H,26,28)/t18-/m1/s1. The Morgan fingerprint density at radius 2 is 1.53 bits per heavy atom. The summed E-state index contributed by atoms with van der Waals surface area (Å²) in [6.07, 6.45) is 2.03. The van der Waals surface area contributed by atoms with Gasteiger partial charge in [-0.15, -0.1) is 0 Å². The van der Waals surface area contributed by atoms with E-state index in [2.05, 4.69) is 26.1 Å². The predicted octanol–water partition coefficient (Wildman–Crippen LogP) is 4.16. The fourth-order valence-electron chi connectivity index (χ4n) is 3.66. The Morgan fingerprint density at radius 1 is 0.969 bits per heavy atom. The number of anilines is 1. The Morgan fingerprint density at radius 3 is 2.06 bits per heavy atom. The van der Waals surface area contributed by atoms with E-state index in [4.69, 9.17) is 0 Å². The molecule has 1 saturated heterocycles. The minimum atomic E-state index is -3.72. The fraction of sp³-hybridized carbons (Fsp3) is 0.440. The van der Waals surface area contributed by atoms with Crippen molar-refractivity contribution in [2.45, 2.75) is 57.0 Å². The highest BCUT2D eigenvalue weighted by Gasteiger charge is 2.28. The van der Waals surface area contributed by atoms with Crippen molar-refractivity contribution in [3.63, 3.8) is 0 Å². The van der Waals surface area contributed by atoms with Gasteiger partial charge in [0, 0.05) is 24.3 Å². The molecule has 0 radical (unpaired) electrons. The normalized spacial score (nSPS) is 15.4. The number of nitrogens with zero attached hydrogens (tertiary/aromatic N) is 1. The zero-order valence-corrected chi connectivity index (χ0v) is 20.0. The van der Waals surface area contributed by atoms with Gasteiger partial charge < -0.3 is 10.2 Å². The summed E-state index contributed by atoms with van der Waals surface area (Å²) in [5, 5.41) is 1.50. The van der Waals surface area contributed by atoms with E-state index in [-0.39, 0.29) is 17.1 Å². The van der Waals surface area contributed by atoms with Crippen LogP contribution in [0.1, 0.15) is 62.0 Å². The highest BCUT2D eigenvalue weighted by Crippen LogP contribution is 2.24. The van der Waals surface area contributed by atoms with Crippen molar-refractivity contribution in [1.82, 2.24) is 4.90 Å². The van der Waals surface area contributed by atoms with Gasteiger partial charge in [0.15, 0.2) is 9.84 Å². The topological polar surface area (TPSA) is 83.5 Å². The third-order valence-electron chi connectivity index (χ3n) is 5.89. The van der Waals surface area contributed by atoms with Gasteiger partial charge in [0.2, 0.25) is 5.91 Å². The zero-order valence-electron chi connectivity index (χ0n) is 19.2. The Balaban J connectivity index is 1.62. The quantitative estimate of drug-likeness (QED) is 0.707. The monoisotopic (exact) mass is 456 g/mol. The lowest BCUT2D eigenvalue weighted by atomic mass is 9.87. The van der Waals surface area contributed by atoms with E-state index in [1.807, 2.05) is 17.0 Å². The summed E-state index contributed by atoms with van der Waals surface area (Å²) in [5.74, 6) is -0.848. The average Bonchev–Trinajstić information content (AvgIpc) is 3.27. The summed E-state index contributed by atoms with van der Waals surface area (Å²) < 4.78 is 25.6. The van der Waals surface area contributed by atoms with Gasteiger partial charge >= 0.3 is 0 Å². The number of amides is 2. The van der Waals surface area contributed by atoms with Crippen LogP contribution in [0.2, 0.25) is 0 Å². The van der Waals surface area contributed by atoms with Gasteiger partial charge in [-0.05, 0) is 60.6 Å². The maximum Gasteiger partial charge on any atom is 0.253 e. The number of rotatable bonds is 6. The maximum atomic E-state index is 12.8. The summed E-state index contributed by atoms with van der Waals surface area (Å²) in [7, 11) is -3.72. The summed E-state index contributed by atoms with van der Waals surface area (Å²) in [6.45, 7) is 9.23. The molecule has 3 rings (SSSR count). The minimum Gasteiger partial charge on any atom is -0.339 e. The van der Waals surface area contributed by atoms with E-state index in [0.717, 1.165) is 31.5 Å². The van der Waals surface area contributed by atoms with Crippen LogP contribution in [0.3, 0.4) is 0 Å². The van der Waals surface area contributed by atoms with Crippen molar-refractivity contribution in [2.24, 2.45) is 0 Å². The van der Waals surface area contributed by atoms with Crippen LogP contribution in [-0.4, -0.2) is 43.5 Å². The molecule has 1 fully saturated rings. The lowest BCUT2D eigenvalue weighted by molar-refractivity contribution is -0.115. The first-order chi connectivity index (χ1) is 15.0. The molecular formula is C25H32N2O4S. The SMILES string of the molecule is C[C@H](C(=O)Nc1ccc(C(C)(C)C)cc1)S(=O)(=O)Cc1ccc(C(=O)N2CCCC2)cc1. The first-order valence-corrected chi connectivity index (χ1v) is 12.7. The van der Waals surface area contributed by atoms with E-state index >= 15 is 0 Å². The number of hydrogen-bond donors (Lipinski definition) is 1. The van der Waals surface area contributed by atoms with Crippen LogP contribution in [-0.2, 0) is 25.8 Å². The van der Waals surface area contributed by atoms with Gasteiger partial charge in [-0.25, -0.2) is 8.42 Å². The van der Waals surface area contributed by atoms with Crippen LogP contribution < -0.4 is 5.32 Å². The highest BCUT2D eigenvalue weighted by atomic mass is 32.2. The molecular weight excluding hydrogens is 424 g/mol. The van der Waals surface area contributed by atoms with Crippen LogP contribution in [0.25, 0.3) is 0 Å². The second-order valence-electron chi connectivity index (χ2n) is 9.46. The van der Waals surface area contributed by atoms with Gasteiger partial charge in [0.1, 0.15) is 5.25 Å². The number of sulfone groups is 1. The van der Waals surface area contributed by atoms with E-state index in [1.165, 1.54) is 6.92 Å². The van der Waals surface area contributed by atoms with Crippen LogP contribution in [0, 0.1) is 0 Å². The van der Waals surface area contributed by atoms with Gasteiger partial charge in [0.05, 0.1) is 5.75 Å². The summed E-state index contributed by atoms with van der Waals surface area (Å²) in [4.78, 5) is 26.8. The number of carbonyl (C=O) groups excluding carboxylic acids is 2. The third-order valence-corrected chi connectivity index (χ3v) is 7.92. The van der Waals surface area contributed by atoms with Crippen molar-refractivity contribution in [3.05, 3.63) is 65.2 Å². The Bertz CT molecular complexity index is 1060. The molecule has 0 saturated carbocycles. The smallest absolute Gasteiger partial charge is 0.253 e. The maximum absolute atomic E-state index is 12.8. The lowest BCUT2D eigenvalue weighted by Crippen LogP contribution is -2.33. The van der Waals surface area contributed by atoms with Crippen LogP contribution in [0.4, 0.5) is 5.69 Å². The number of nitrogens with one attached hydrogen (secondary N) is 1. The van der Waals surface area contributed by atoms with Gasteiger partial charge in [-0.3, -0.25) is 9.59 Å². The second-order valence-corrected chi connectivity index (χ2v) is 11.8. The first kappa shape index (κ1) is 24.0. The lowest BCUT2D eigenvalue weighted by Gasteiger charge is -2.19. The number of benzene rings is 2. The van der Waals surface area contributed by atoms with E-state index in [1.54, 1.807) is 36.4 Å². The fourth-order valence-corrected chi connectivity index (χ4v) is 4.96. The molecule has 1 aliphatic rings. The molecule has 7 heteroatoms. The van der Waals surface area contributed by atoms with Gasteiger partial charge in [-0.2, -0.15) is 0 Å². The number of carbonyl (C=O) groups is 2. The molecule has 172 valence electrons. The van der Waals surface area contributed by atoms with Crippen LogP contribution in [0.15, 0.2) is 48.5 Å². The zero-order chi connectivity index (χ0) is 23.5. The predicted molar refractivity (Wildman–Crippen MR) is 127 cm³/mol. The molecule has 2 aromatic rings. The van der Waals surface area contributed by atoms with Crippen molar-refractivity contribution in [1.29, 1.82) is 0 Å². The molecule has 2 amide bonds. The van der Waals surface area contributed by atoms with Crippen molar-refractivity contribution >= 4 is 27.3 Å². The summed E-state index contributed by atoms with van der Waals surface area (Å²) in [5.41, 5.74) is 2.79. The molecule has 0 unspecified atom stereocenters. The molecule has 6 nitrogen and oxygen atoms in total. The van der Waals surface area contributed by atoms with E-state index < -0.39 is 21.0 Å². The van der Waals surface area contributed by atoms with Gasteiger partial charge in [-0.1, -0.05) is 45.0 Å². The Kier molecular flexibility index (Phi) is 7.08. The van der Waals surface area contributed by atoms with Gasteiger partial charge in [0.25, 0.3) is 5.91 Å². The molecule has 1 N–H and O–H groups in total. The summed E-state index contributed by atoms with van der Waals surface area (Å²) in [6, 6.07) is 14.1. The minimum absolute atomic E-state index is 0.00614. The molecule has 0 bridgehead atoms. The third kappa shape index (κ3) is 5.76. The van der Waals surface area contributed by atoms with E-state index in [9.17, 15) is 18.0 Å². The Labute approximate surface area is 190 Å². The largest absolute Gasteiger partial charge is 0.339 e. The molecule has 1 atom stereocenters. The Hall–Kier alpha value is -2.67. The van der Waals surface area contributed by atoms with E-state index in [0.29, 0.717) is 16.8 Å². The van der Waals surface area contributed by atoms with Crippen molar-refractivity contribution < 1.29 is 18.0 Å². The molecule has 2 aromatic carbocycles. The summed E-state index contributed by atoms with van der Waals surface area (Å²) >= 11 is 0. The average molecular weight is 457 g/mol. The highest BCUT2D eigenvalue weighted by molar-refractivity contribution is 7.92. The van der Waals surface area contributed by atoms with Crippen LogP contribution in [0.5, 0.6) is 0 Å². The first-order valence-electron chi connectivity index (χ1n) is 11.0.